The number of sulfonamides is 1. The molecule has 0 saturated carbocycles. The van der Waals surface area contributed by atoms with Gasteiger partial charge in [-0.2, -0.15) is 4.31 Å². The highest BCUT2D eigenvalue weighted by Gasteiger charge is 2.21. The van der Waals surface area contributed by atoms with Gasteiger partial charge >= 0.3 is 0 Å². The van der Waals surface area contributed by atoms with Crippen LogP contribution < -0.4 is 0 Å². The number of nitro benzene ring substituents is 1. The first-order valence-corrected chi connectivity index (χ1v) is 8.95. The first-order chi connectivity index (χ1) is 11.2. The Hall–Kier alpha value is -2.25. The second kappa shape index (κ2) is 7.11. The van der Waals surface area contributed by atoms with Gasteiger partial charge in [0.2, 0.25) is 10.0 Å². The van der Waals surface area contributed by atoms with Crippen LogP contribution in [0.3, 0.4) is 0 Å². The SMILES string of the molecule is CC(C)c1ccc(CN(C)S(=O)(=O)c2ccc([N+](=O)[O-])cc2)cc1. The molecule has 24 heavy (non-hydrogen) atoms. The fraction of sp³-hybridized carbons (Fsp3) is 0.294. The summed E-state index contributed by atoms with van der Waals surface area (Å²) in [5, 5.41) is 10.7. The minimum absolute atomic E-state index is 0.0365. The van der Waals surface area contributed by atoms with Crippen molar-refractivity contribution in [2.45, 2.75) is 31.2 Å². The molecule has 0 radical (unpaired) electrons. The molecule has 128 valence electrons. The molecular weight excluding hydrogens is 328 g/mol. The molecule has 0 aliphatic rings. The Morgan fingerprint density at radius 2 is 1.58 bits per heavy atom. The van der Waals surface area contributed by atoms with Gasteiger partial charge in [0.15, 0.2) is 0 Å². The summed E-state index contributed by atoms with van der Waals surface area (Å²) < 4.78 is 26.3. The smallest absolute Gasteiger partial charge is 0.258 e. The zero-order valence-electron chi connectivity index (χ0n) is 13.8. The second-order valence-corrected chi connectivity index (χ2v) is 7.95. The van der Waals surface area contributed by atoms with Gasteiger partial charge in [0.05, 0.1) is 9.82 Å². The summed E-state index contributed by atoms with van der Waals surface area (Å²) in [7, 11) is -2.20. The van der Waals surface area contributed by atoms with Crippen LogP contribution in [0.2, 0.25) is 0 Å². The molecule has 2 aromatic rings. The zero-order chi connectivity index (χ0) is 17.9. The first-order valence-electron chi connectivity index (χ1n) is 7.51. The molecule has 0 aliphatic carbocycles. The van der Waals surface area contributed by atoms with E-state index in [1.807, 2.05) is 24.3 Å². The maximum absolute atomic E-state index is 12.5. The van der Waals surface area contributed by atoms with Crippen LogP contribution in [0.4, 0.5) is 5.69 Å². The van der Waals surface area contributed by atoms with Crippen molar-refractivity contribution in [2.75, 3.05) is 7.05 Å². The van der Waals surface area contributed by atoms with Crippen LogP contribution >= 0.6 is 0 Å². The monoisotopic (exact) mass is 348 g/mol. The summed E-state index contributed by atoms with van der Waals surface area (Å²) in [6.45, 7) is 4.43. The van der Waals surface area contributed by atoms with Gasteiger partial charge in [0, 0.05) is 25.7 Å². The molecule has 7 heteroatoms. The third-order valence-corrected chi connectivity index (χ3v) is 5.62. The lowest BCUT2D eigenvalue weighted by atomic mass is 10.0. The number of benzene rings is 2. The van der Waals surface area contributed by atoms with Gasteiger partial charge in [-0.05, 0) is 29.2 Å². The van der Waals surface area contributed by atoms with Gasteiger partial charge in [-0.3, -0.25) is 10.1 Å². The van der Waals surface area contributed by atoms with E-state index in [1.54, 1.807) is 0 Å². The highest BCUT2D eigenvalue weighted by atomic mass is 32.2. The first kappa shape index (κ1) is 18.1. The molecule has 0 saturated heterocycles. The molecule has 6 nitrogen and oxygen atoms in total. The normalized spacial score (nSPS) is 11.9. The molecule has 0 amide bonds. The van der Waals surface area contributed by atoms with Crippen LogP contribution in [-0.4, -0.2) is 24.7 Å². The van der Waals surface area contributed by atoms with Crippen LogP contribution in [0.15, 0.2) is 53.4 Å². The summed E-state index contributed by atoms with van der Waals surface area (Å²) in [4.78, 5) is 10.1. The maximum atomic E-state index is 12.5. The number of nitro groups is 1. The van der Waals surface area contributed by atoms with Crippen molar-refractivity contribution in [1.29, 1.82) is 0 Å². The van der Waals surface area contributed by atoms with Crippen molar-refractivity contribution < 1.29 is 13.3 Å². The van der Waals surface area contributed by atoms with Gasteiger partial charge < -0.3 is 0 Å². The summed E-state index contributed by atoms with van der Waals surface area (Å²) in [6.07, 6.45) is 0. The van der Waals surface area contributed by atoms with Gasteiger partial charge in [-0.25, -0.2) is 8.42 Å². The Morgan fingerprint density at radius 3 is 2.04 bits per heavy atom. The van der Waals surface area contributed by atoms with Crippen LogP contribution in [-0.2, 0) is 16.6 Å². The topological polar surface area (TPSA) is 80.5 Å². The fourth-order valence-electron chi connectivity index (χ4n) is 2.27. The molecule has 0 N–H and O–H groups in total. The fourth-order valence-corrected chi connectivity index (χ4v) is 3.43. The van der Waals surface area contributed by atoms with E-state index < -0.39 is 14.9 Å². The predicted molar refractivity (Wildman–Crippen MR) is 92.3 cm³/mol. The molecule has 0 heterocycles. The van der Waals surface area contributed by atoms with E-state index in [-0.39, 0.29) is 17.1 Å². The number of non-ortho nitro benzene ring substituents is 1. The third-order valence-electron chi connectivity index (χ3n) is 3.81. The molecule has 0 bridgehead atoms. The number of hydrogen-bond donors (Lipinski definition) is 0. The van der Waals surface area contributed by atoms with Crippen molar-refractivity contribution in [2.24, 2.45) is 0 Å². The van der Waals surface area contributed by atoms with Crippen molar-refractivity contribution in [3.63, 3.8) is 0 Å². The number of nitrogens with zero attached hydrogens (tertiary/aromatic N) is 2. The van der Waals surface area contributed by atoms with Crippen LogP contribution in [0, 0.1) is 10.1 Å². The minimum atomic E-state index is -3.70. The van der Waals surface area contributed by atoms with Crippen molar-refractivity contribution >= 4 is 15.7 Å². The standard InChI is InChI=1S/C17H20N2O4S/c1-13(2)15-6-4-14(5-7-15)12-18(3)24(22,23)17-10-8-16(9-11-17)19(20)21/h4-11,13H,12H2,1-3H3. The Labute approximate surface area is 141 Å². The van der Waals surface area contributed by atoms with E-state index in [0.29, 0.717) is 5.92 Å². The zero-order valence-corrected chi connectivity index (χ0v) is 14.7. The van der Waals surface area contributed by atoms with Crippen LogP contribution in [0.1, 0.15) is 30.9 Å². The maximum Gasteiger partial charge on any atom is 0.269 e. The predicted octanol–water partition coefficient (Wildman–Crippen LogP) is 3.54. The molecule has 0 fully saturated rings. The van der Waals surface area contributed by atoms with Gasteiger partial charge in [0.25, 0.3) is 5.69 Å². The molecule has 0 unspecified atom stereocenters. The highest BCUT2D eigenvalue weighted by Crippen LogP contribution is 2.21. The second-order valence-electron chi connectivity index (χ2n) is 5.91. The van der Waals surface area contributed by atoms with E-state index >= 15 is 0 Å². The lowest BCUT2D eigenvalue weighted by molar-refractivity contribution is -0.384. The minimum Gasteiger partial charge on any atom is -0.258 e. The average molecular weight is 348 g/mol. The summed E-state index contributed by atoms with van der Waals surface area (Å²) >= 11 is 0. The molecule has 0 aliphatic heterocycles. The van der Waals surface area contributed by atoms with Gasteiger partial charge in [0.1, 0.15) is 0 Å². The lowest BCUT2D eigenvalue weighted by Gasteiger charge is -2.17. The quantitative estimate of drug-likeness (QED) is 0.591. The highest BCUT2D eigenvalue weighted by molar-refractivity contribution is 7.89. The Balaban J connectivity index is 2.17. The summed E-state index contributed by atoms with van der Waals surface area (Å²) in [6, 6.07) is 12.7. The molecule has 2 aromatic carbocycles. The van der Waals surface area contributed by atoms with Crippen molar-refractivity contribution in [1.82, 2.24) is 4.31 Å². The molecule has 0 atom stereocenters. The number of hydrogen-bond acceptors (Lipinski definition) is 4. The Kier molecular flexibility index (Phi) is 5.36. The van der Waals surface area contributed by atoms with E-state index in [9.17, 15) is 18.5 Å². The molecule has 0 aromatic heterocycles. The summed E-state index contributed by atoms with van der Waals surface area (Å²) in [5.74, 6) is 0.417. The molecule has 0 spiro atoms. The molecular formula is C17H20N2O4S. The van der Waals surface area contributed by atoms with E-state index in [1.165, 1.54) is 41.2 Å². The van der Waals surface area contributed by atoms with E-state index in [0.717, 1.165) is 5.56 Å². The molecule has 2 rings (SSSR count). The largest absolute Gasteiger partial charge is 0.269 e. The van der Waals surface area contributed by atoms with Crippen molar-refractivity contribution in [3.8, 4) is 0 Å². The van der Waals surface area contributed by atoms with E-state index in [4.69, 9.17) is 0 Å². The summed E-state index contributed by atoms with van der Waals surface area (Å²) in [5.41, 5.74) is 1.94. The number of rotatable bonds is 6. The van der Waals surface area contributed by atoms with Crippen molar-refractivity contribution in [3.05, 3.63) is 69.8 Å². The van der Waals surface area contributed by atoms with Crippen LogP contribution in [0.25, 0.3) is 0 Å². The third kappa shape index (κ3) is 3.98. The van der Waals surface area contributed by atoms with Crippen LogP contribution in [0.5, 0.6) is 0 Å². The van der Waals surface area contributed by atoms with Gasteiger partial charge in [-0.1, -0.05) is 38.1 Å². The van der Waals surface area contributed by atoms with E-state index in [2.05, 4.69) is 13.8 Å². The lowest BCUT2D eigenvalue weighted by Crippen LogP contribution is -2.26. The Morgan fingerprint density at radius 1 is 1.04 bits per heavy atom. The Bertz CT molecular complexity index is 813. The van der Waals surface area contributed by atoms with Gasteiger partial charge in [-0.15, -0.1) is 0 Å². The average Bonchev–Trinajstić information content (AvgIpc) is 2.55.